The Labute approximate surface area is 199 Å². The van der Waals surface area contributed by atoms with Crippen molar-refractivity contribution in [2.24, 2.45) is 0 Å². The van der Waals surface area contributed by atoms with Crippen LogP contribution in [-0.4, -0.2) is 13.0 Å². The predicted molar refractivity (Wildman–Crippen MR) is 130 cm³/mol. The van der Waals surface area contributed by atoms with Crippen LogP contribution < -0.4 is 14.8 Å². The number of halogens is 2. The second-order valence-corrected chi connectivity index (χ2v) is 8.14. The average Bonchev–Trinajstić information content (AvgIpc) is 2.78. The molecule has 31 heavy (non-hydrogen) atoms. The molecular weight excluding hydrogens is 527 g/mol. The number of methoxy groups -OCH3 is 1. The molecule has 1 amide bonds. The standard InChI is InChI=1S/C24H18ClIN2O3/c1-30-22-11-4-17(13-23(22)31-15-16-2-5-19(25)6-3-16)12-18(14-27)24(29)28-21-9-7-20(26)8-10-21/h2-13H,15H2,1H3,(H,28,29)/b18-12+. The summed E-state index contributed by atoms with van der Waals surface area (Å²) in [7, 11) is 1.55. The lowest BCUT2D eigenvalue weighted by atomic mass is 10.1. The van der Waals surface area contributed by atoms with Crippen LogP contribution in [0.1, 0.15) is 11.1 Å². The van der Waals surface area contributed by atoms with Gasteiger partial charge in [-0.25, -0.2) is 0 Å². The van der Waals surface area contributed by atoms with Gasteiger partial charge in [0.2, 0.25) is 0 Å². The van der Waals surface area contributed by atoms with E-state index in [9.17, 15) is 10.1 Å². The molecule has 0 fully saturated rings. The zero-order chi connectivity index (χ0) is 22.2. The molecule has 0 radical (unpaired) electrons. The monoisotopic (exact) mass is 544 g/mol. The number of carbonyl (C=O) groups excluding carboxylic acids is 1. The summed E-state index contributed by atoms with van der Waals surface area (Å²) in [6.07, 6.45) is 1.51. The molecule has 0 saturated carbocycles. The SMILES string of the molecule is COc1ccc(/C=C(\C#N)C(=O)Nc2ccc(I)cc2)cc1OCc1ccc(Cl)cc1. The average molecular weight is 545 g/mol. The summed E-state index contributed by atoms with van der Waals surface area (Å²) in [5, 5.41) is 12.9. The molecule has 0 atom stereocenters. The fraction of sp³-hybridized carbons (Fsp3) is 0.0833. The number of hydrogen-bond donors (Lipinski definition) is 1. The maximum absolute atomic E-state index is 12.5. The van der Waals surface area contributed by atoms with E-state index in [1.54, 1.807) is 49.6 Å². The molecule has 0 heterocycles. The number of anilines is 1. The Hall–Kier alpha value is -3.02. The van der Waals surface area contributed by atoms with Crippen LogP contribution in [0, 0.1) is 14.9 Å². The van der Waals surface area contributed by atoms with E-state index in [2.05, 4.69) is 27.9 Å². The molecule has 3 aromatic rings. The van der Waals surface area contributed by atoms with E-state index >= 15 is 0 Å². The number of hydrogen-bond acceptors (Lipinski definition) is 4. The number of benzene rings is 3. The molecule has 1 N–H and O–H groups in total. The van der Waals surface area contributed by atoms with E-state index in [4.69, 9.17) is 21.1 Å². The minimum atomic E-state index is -0.483. The fourth-order valence-electron chi connectivity index (χ4n) is 2.68. The van der Waals surface area contributed by atoms with Gasteiger partial charge in [0.25, 0.3) is 5.91 Å². The van der Waals surface area contributed by atoms with Crippen molar-refractivity contribution in [1.82, 2.24) is 0 Å². The Bertz CT molecular complexity index is 1140. The van der Waals surface area contributed by atoms with Gasteiger partial charge < -0.3 is 14.8 Å². The van der Waals surface area contributed by atoms with Gasteiger partial charge in [-0.05, 0) is 88.3 Å². The van der Waals surface area contributed by atoms with Crippen molar-refractivity contribution >= 4 is 51.9 Å². The number of nitrogens with one attached hydrogen (secondary N) is 1. The van der Waals surface area contributed by atoms with E-state index in [-0.39, 0.29) is 5.57 Å². The highest BCUT2D eigenvalue weighted by Gasteiger charge is 2.11. The zero-order valence-corrected chi connectivity index (χ0v) is 19.5. The third kappa shape index (κ3) is 6.48. The Morgan fingerprint density at radius 2 is 1.81 bits per heavy atom. The number of carbonyl (C=O) groups is 1. The Kier molecular flexibility index (Phi) is 7.93. The van der Waals surface area contributed by atoms with Crippen LogP contribution in [0.2, 0.25) is 5.02 Å². The molecule has 3 aromatic carbocycles. The smallest absolute Gasteiger partial charge is 0.266 e. The Morgan fingerprint density at radius 3 is 2.45 bits per heavy atom. The first-order chi connectivity index (χ1) is 15.0. The molecule has 0 aliphatic rings. The minimum Gasteiger partial charge on any atom is -0.493 e. The van der Waals surface area contributed by atoms with Gasteiger partial charge in [0.1, 0.15) is 18.2 Å². The van der Waals surface area contributed by atoms with E-state index in [0.29, 0.717) is 34.4 Å². The van der Waals surface area contributed by atoms with Crippen molar-refractivity contribution < 1.29 is 14.3 Å². The molecule has 0 saturated heterocycles. The predicted octanol–water partition coefficient (Wildman–Crippen LogP) is 6.08. The molecule has 0 bridgehead atoms. The van der Waals surface area contributed by atoms with Crippen molar-refractivity contribution in [3.63, 3.8) is 0 Å². The molecule has 0 unspecified atom stereocenters. The van der Waals surface area contributed by atoms with Crippen LogP contribution in [0.3, 0.4) is 0 Å². The maximum atomic E-state index is 12.5. The van der Waals surface area contributed by atoms with Gasteiger partial charge >= 0.3 is 0 Å². The van der Waals surface area contributed by atoms with Gasteiger partial charge in [0, 0.05) is 14.3 Å². The number of rotatable bonds is 7. The van der Waals surface area contributed by atoms with Gasteiger partial charge in [-0.3, -0.25) is 4.79 Å². The molecule has 3 rings (SSSR count). The van der Waals surface area contributed by atoms with Crippen LogP contribution in [-0.2, 0) is 11.4 Å². The summed E-state index contributed by atoms with van der Waals surface area (Å²) in [6, 6.07) is 21.8. The second kappa shape index (κ2) is 10.8. The van der Waals surface area contributed by atoms with Crippen molar-refractivity contribution in [2.75, 3.05) is 12.4 Å². The Morgan fingerprint density at radius 1 is 1.10 bits per heavy atom. The first-order valence-corrected chi connectivity index (χ1v) is 10.7. The van der Waals surface area contributed by atoms with Gasteiger partial charge in [0.05, 0.1) is 7.11 Å². The van der Waals surface area contributed by atoms with Crippen molar-refractivity contribution in [2.45, 2.75) is 6.61 Å². The highest BCUT2D eigenvalue weighted by Crippen LogP contribution is 2.30. The molecule has 0 spiro atoms. The first kappa shape index (κ1) is 22.7. The molecule has 0 aromatic heterocycles. The summed E-state index contributed by atoms with van der Waals surface area (Å²) in [5.74, 6) is 0.567. The molecular formula is C24H18ClIN2O3. The van der Waals surface area contributed by atoms with Crippen molar-refractivity contribution in [3.05, 3.63) is 92.0 Å². The second-order valence-electron chi connectivity index (χ2n) is 6.46. The van der Waals surface area contributed by atoms with Crippen LogP contribution in [0.25, 0.3) is 6.08 Å². The summed E-state index contributed by atoms with van der Waals surface area (Å²) >= 11 is 8.10. The summed E-state index contributed by atoms with van der Waals surface area (Å²) in [4.78, 5) is 12.5. The lowest BCUT2D eigenvalue weighted by Crippen LogP contribution is -2.13. The largest absolute Gasteiger partial charge is 0.493 e. The van der Waals surface area contributed by atoms with Gasteiger partial charge in [-0.1, -0.05) is 29.8 Å². The third-order valence-electron chi connectivity index (χ3n) is 4.27. The maximum Gasteiger partial charge on any atom is 0.266 e. The summed E-state index contributed by atoms with van der Waals surface area (Å²) in [5.41, 5.74) is 2.18. The minimum absolute atomic E-state index is 0.0210. The van der Waals surface area contributed by atoms with Crippen molar-refractivity contribution in [3.8, 4) is 17.6 Å². The van der Waals surface area contributed by atoms with E-state index in [0.717, 1.165) is 9.13 Å². The quantitative estimate of drug-likeness (QED) is 0.222. The molecule has 7 heteroatoms. The van der Waals surface area contributed by atoms with Crippen LogP contribution in [0.4, 0.5) is 5.69 Å². The number of nitriles is 1. The number of amides is 1. The number of ether oxygens (including phenoxy) is 2. The van der Waals surface area contributed by atoms with Gasteiger partial charge in [-0.2, -0.15) is 5.26 Å². The van der Waals surface area contributed by atoms with Crippen LogP contribution in [0.5, 0.6) is 11.5 Å². The molecule has 156 valence electrons. The summed E-state index contributed by atoms with van der Waals surface area (Å²) in [6.45, 7) is 0.319. The molecule has 0 aliphatic carbocycles. The van der Waals surface area contributed by atoms with E-state index < -0.39 is 5.91 Å². The van der Waals surface area contributed by atoms with E-state index in [1.807, 2.05) is 30.3 Å². The molecule has 5 nitrogen and oxygen atoms in total. The summed E-state index contributed by atoms with van der Waals surface area (Å²) < 4.78 is 12.3. The van der Waals surface area contributed by atoms with Crippen molar-refractivity contribution in [1.29, 1.82) is 5.26 Å². The highest BCUT2D eigenvalue weighted by atomic mass is 127. The fourth-order valence-corrected chi connectivity index (χ4v) is 3.17. The highest BCUT2D eigenvalue weighted by molar-refractivity contribution is 14.1. The van der Waals surface area contributed by atoms with Gasteiger partial charge in [0.15, 0.2) is 11.5 Å². The molecule has 0 aliphatic heterocycles. The van der Waals surface area contributed by atoms with Crippen LogP contribution in [0.15, 0.2) is 72.3 Å². The zero-order valence-electron chi connectivity index (χ0n) is 16.6. The van der Waals surface area contributed by atoms with Gasteiger partial charge in [-0.15, -0.1) is 0 Å². The normalized spacial score (nSPS) is 10.8. The first-order valence-electron chi connectivity index (χ1n) is 9.22. The lowest BCUT2D eigenvalue weighted by Gasteiger charge is -2.12. The third-order valence-corrected chi connectivity index (χ3v) is 5.24. The lowest BCUT2D eigenvalue weighted by molar-refractivity contribution is -0.112. The number of nitrogens with zero attached hydrogens (tertiary/aromatic N) is 1. The van der Waals surface area contributed by atoms with Crippen LogP contribution >= 0.6 is 34.2 Å². The van der Waals surface area contributed by atoms with E-state index in [1.165, 1.54) is 6.08 Å². The topological polar surface area (TPSA) is 71.3 Å². The Balaban J connectivity index is 1.78.